The van der Waals surface area contributed by atoms with Gasteiger partial charge in [-0.25, -0.2) is 4.39 Å². The molecule has 162 valence electrons. The highest BCUT2D eigenvalue weighted by atomic mass is 19.1. The maximum Gasteiger partial charge on any atom is 0.162 e. The van der Waals surface area contributed by atoms with Crippen LogP contribution in [0.5, 0.6) is 0 Å². The van der Waals surface area contributed by atoms with Gasteiger partial charge in [-0.3, -0.25) is 4.79 Å². The fourth-order valence-electron chi connectivity index (χ4n) is 4.77. The van der Waals surface area contributed by atoms with Gasteiger partial charge in [0.25, 0.3) is 0 Å². The van der Waals surface area contributed by atoms with E-state index in [2.05, 4.69) is 24.0 Å². The van der Waals surface area contributed by atoms with Gasteiger partial charge in [0.05, 0.1) is 11.2 Å². The smallest absolute Gasteiger partial charge is 0.162 e. The minimum atomic E-state index is -0.441. The van der Waals surface area contributed by atoms with Crippen molar-refractivity contribution in [3.05, 3.63) is 82.7 Å². The molecule has 3 nitrogen and oxygen atoms in total. The number of aromatic nitrogens is 1. The van der Waals surface area contributed by atoms with E-state index in [0.29, 0.717) is 17.5 Å². The van der Waals surface area contributed by atoms with Crippen LogP contribution in [0.15, 0.2) is 54.6 Å². The molecule has 32 heavy (non-hydrogen) atoms. The summed E-state index contributed by atoms with van der Waals surface area (Å²) in [7, 11) is 0. The molecule has 0 amide bonds. The maximum atomic E-state index is 15.5. The van der Waals surface area contributed by atoms with Crippen LogP contribution in [-0.2, 0) is 24.1 Å². The largest absolute Gasteiger partial charge is 0.389 e. The third kappa shape index (κ3) is 3.55. The summed E-state index contributed by atoms with van der Waals surface area (Å²) in [5, 5.41) is 9.91. The van der Waals surface area contributed by atoms with Crippen LogP contribution in [-0.4, -0.2) is 22.5 Å². The van der Waals surface area contributed by atoms with Crippen LogP contribution < -0.4 is 0 Å². The maximum absolute atomic E-state index is 15.5. The standard InChI is InChI=1S/C28H26FNO2/c1-2-3-4-17-5-8-19(9-6-17)22-11-12-24-25-15-20-13-18(14-21(32)16-31)7-10-23(20)27(25)30-28(24)26(22)29/h5-13,30-31H,2-4,14-16H2,1H3. The molecule has 0 atom stereocenters. The van der Waals surface area contributed by atoms with Crippen LogP contribution in [0, 0.1) is 5.82 Å². The molecule has 1 aliphatic rings. The predicted molar refractivity (Wildman–Crippen MR) is 126 cm³/mol. The third-order valence-corrected chi connectivity index (χ3v) is 6.49. The number of rotatable bonds is 7. The fraction of sp³-hybridized carbons (Fsp3) is 0.250. The van der Waals surface area contributed by atoms with Crippen LogP contribution in [0.1, 0.15) is 42.0 Å². The van der Waals surface area contributed by atoms with E-state index in [0.717, 1.165) is 58.2 Å². The summed E-state index contributed by atoms with van der Waals surface area (Å²) in [5.74, 6) is -0.412. The molecule has 0 saturated carbocycles. The number of fused-ring (bicyclic) bond motifs is 5. The van der Waals surface area contributed by atoms with Crippen LogP contribution >= 0.6 is 0 Å². The number of ketones is 1. The van der Waals surface area contributed by atoms with Crippen molar-refractivity contribution in [2.45, 2.75) is 39.0 Å². The van der Waals surface area contributed by atoms with E-state index in [1.54, 1.807) is 0 Å². The number of hydrogen-bond acceptors (Lipinski definition) is 2. The molecule has 0 radical (unpaired) electrons. The van der Waals surface area contributed by atoms with Gasteiger partial charge in [0, 0.05) is 29.4 Å². The Morgan fingerprint density at radius 1 is 1.03 bits per heavy atom. The van der Waals surface area contributed by atoms with Crippen molar-refractivity contribution in [1.29, 1.82) is 0 Å². The first-order valence-corrected chi connectivity index (χ1v) is 11.3. The first-order chi connectivity index (χ1) is 15.6. The number of aliphatic hydroxyl groups is 1. The van der Waals surface area contributed by atoms with E-state index < -0.39 is 6.61 Å². The lowest BCUT2D eigenvalue weighted by molar-refractivity contribution is -0.121. The van der Waals surface area contributed by atoms with Gasteiger partial charge in [-0.15, -0.1) is 0 Å². The summed E-state index contributed by atoms with van der Waals surface area (Å²) in [6, 6.07) is 18.0. The molecule has 0 bridgehead atoms. The lowest BCUT2D eigenvalue weighted by atomic mass is 9.99. The molecule has 0 saturated heterocycles. The predicted octanol–water partition coefficient (Wildman–Crippen LogP) is 5.99. The number of halogens is 1. The van der Waals surface area contributed by atoms with Crippen LogP contribution in [0.3, 0.4) is 0 Å². The summed E-state index contributed by atoms with van der Waals surface area (Å²) < 4.78 is 15.5. The third-order valence-electron chi connectivity index (χ3n) is 6.49. The van der Waals surface area contributed by atoms with Gasteiger partial charge in [0.2, 0.25) is 0 Å². The molecule has 2 N–H and O–H groups in total. The summed E-state index contributed by atoms with van der Waals surface area (Å²) in [5.41, 5.74) is 8.46. The zero-order valence-corrected chi connectivity index (χ0v) is 18.2. The SMILES string of the molecule is CCCCc1ccc(-c2ccc3c4c([nH]c3c2F)-c2ccc(CC(=O)CO)cc2C4)cc1. The normalized spacial score (nSPS) is 12.2. The molecule has 4 aromatic rings. The minimum Gasteiger partial charge on any atom is -0.389 e. The van der Waals surface area contributed by atoms with Gasteiger partial charge >= 0.3 is 0 Å². The highest BCUT2D eigenvalue weighted by Gasteiger charge is 2.25. The fourth-order valence-corrected chi connectivity index (χ4v) is 4.77. The second-order valence-electron chi connectivity index (χ2n) is 8.67. The number of Topliss-reactive ketones (excluding diaryl/α,β-unsaturated/α-hetero) is 1. The van der Waals surface area contributed by atoms with E-state index in [1.165, 1.54) is 5.56 Å². The summed E-state index contributed by atoms with van der Waals surface area (Å²) in [6.45, 7) is 1.74. The Morgan fingerprint density at radius 3 is 2.53 bits per heavy atom. The number of aliphatic hydroxyl groups excluding tert-OH is 1. The lowest BCUT2D eigenvalue weighted by Crippen LogP contribution is -2.07. The van der Waals surface area contributed by atoms with Gasteiger partial charge < -0.3 is 10.1 Å². The Balaban J connectivity index is 1.49. The molecule has 0 unspecified atom stereocenters. The van der Waals surface area contributed by atoms with E-state index in [9.17, 15) is 4.79 Å². The van der Waals surface area contributed by atoms with Crippen LogP contribution in [0.2, 0.25) is 0 Å². The molecule has 0 fully saturated rings. The van der Waals surface area contributed by atoms with Gasteiger partial charge in [-0.2, -0.15) is 0 Å². The van der Waals surface area contributed by atoms with Gasteiger partial charge in [0.15, 0.2) is 11.6 Å². The van der Waals surface area contributed by atoms with Crippen molar-refractivity contribution in [2.24, 2.45) is 0 Å². The molecular formula is C28H26FNO2. The molecule has 4 heteroatoms. The average Bonchev–Trinajstić information content (AvgIpc) is 3.34. The number of aryl methyl sites for hydroxylation is 1. The van der Waals surface area contributed by atoms with E-state index in [-0.39, 0.29) is 18.0 Å². The number of benzene rings is 3. The molecule has 0 spiro atoms. The molecule has 1 aromatic heterocycles. The number of hydrogen-bond donors (Lipinski definition) is 2. The molecule has 0 aliphatic heterocycles. The average molecular weight is 428 g/mol. The van der Waals surface area contributed by atoms with Crippen LogP contribution in [0.25, 0.3) is 33.3 Å². The van der Waals surface area contributed by atoms with E-state index in [4.69, 9.17) is 5.11 Å². The van der Waals surface area contributed by atoms with Crippen molar-refractivity contribution >= 4 is 16.7 Å². The Labute approximate surface area is 186 Å². The van der Waals surface area contributed by atoms with Crippen molar-refractivity contribution in [3.63, 3.8) is 0 Å². The summed E-state index contributed by atoms with van der Waals surface area (Å²) >= 11 is 0. The number of aromatic amines is 1. The van der Waals surface area contributed by atoms with Crippen molar-refractivity contribution in [2.75, 3.05) is 6.61 Å². The van der Waals surface area contributed by atoms with Gasteiger partial charge in [-0.1, -0.05) is 67.9 Å². The summed E-state index contributed by atoms with van der Waals surface area (Å²) in [4.78, 5) is 14.9. The zero-order chi connectivity index (χ0) is 22.2. The number of carbonyl (C=O) groups is 1. The molecule has 1 heterocycles. The first kappa shape index (κ1) is 20.7. The zero-order valence-electron chi connectivity index (χ0n) is 18.2. The molecule has 1 aliphatic carbocycles. The number of H-pyrrole nitrogens is 1. The topological polar surface area (TPSA) is 53.1 Å². The van der Waals surface area contributed by atoms with Gasteiger partial charge in [-0.05, 0) is 40.7 Å². The highest BCUT2D eigenvalue weighted by molar-refractivity contribution is 5.97. The summed E-state index contributed by atoms with van der Waals surface area (Å²) in [6.07, 6.45) is 4.31. The molecular weight excluding hydrogens is 401 g/mol. The molecule has 3 aromatic carbocycles. The Bertz CT molecular complexity index is 1320. The number of nitrogens with one attached hydrogen (secondary N) is 1. The second kappa shape index (κ2) is 8.36. The number of carbonyl (C=O) groups excluding carboxylic acids is 1. The minimum absolute atomic E-state index is 0.195. The quantitative estimate of drug-likeness (QED) is 0.335. The van der Waals surface area contributed by atoms with Crippen molar-refractivity contribution in [1.82, 2.24) is 4.98 Å². The second-order valence-corrected chi connectivity index (χ2v) is 8.67. The lowest BCUT2D eigenvalue weighted by Gasteiger charge is -2.08. The highest BCUT2D eigenvalue weighted by Crippen LogP contribution is 2.42. The van der Waals surface area contributed by atoms with E-state index in [1.807, 2.05) is 42.5 Å². The molecule has 5 rings (SSSR count). The first-order valence-electron chi connectivity index (χ1n) is 11.3. The van der Waals surface area contributed by atoms with Crippen molar-refractivity contribution in [3.8, 4) is 22.4 Å². The Kier molecular flexibility index (Phi) is 5.40. The Hall–Kier alpha value is -3.24. The monoisotopic (exact) mass is 427 g/mol. The van der Waals surface area contributed by atoms with Crippen molar-refractivity contribution < 1.29 is 14.3 Å². The Morgan fingerprint density at radius 2 is 1.78 bits per heavy atom. The van der Waals surface area contributed by atoms with Crippen LogP contribution in [0.4, 0.5) is 4.39 Å². The van der Waals surface area contributed by atoms with E-state index >= 15 is 4.39 Å². The number of unbranched alkanes of at least 4 members (excludes halogenated alkanes) is 1. The van der Waals surface area contributed by atoms with Gasteiger partial charge in [0.1, 0.15) is 6.61 Å².